The highest BCUT2D eigenvalue weighted by molar-refractivity contribution is 5.43. The Morgan fingerprint density at radius 2 is 2.13 bits per heavy atom. The molecule has 15 heavy (non-hydrogen) atoms. The van der Waals surface area contributed by atoms with Gasteiger partial charge >= 0.3 is 0 Å². The van der Waals surface area contributed by atoms with Crippen LogP contribution in [0.25, 0.3) is 0 Å². The van der Waals surface area contributed by atoms with Gasteiger partial charge in [0.05, 0.1) is 12.2 Å². The number of hydrogen-bond acceptors (Lipinski definition) is 3. The maximum atomic E-state index is 5.72. The lowest BCUT2D eigenvalue weighted by atomic mass is 10.2. The third-order valence-electron chi connectivity index (χ3n) is 1.90. The lowest BCUT2D eigenvalue weighted by Gasteiger charge is -2.20. The Morgan fingerprint density at radius 3 is 2.73 bits per heavy atom. The Morgan fingerprint density at radius 1 is 1.40 bits per heavy atom. The molecule has 0 fully saturated rings. The van der Waals surface area contributed by atoms with Gasteiger partial charge in [-0.25, -0.2) is 4.98 Å². The highest BCUT2D eigenvalue weighted by Gasteiger charge is 2.11. The second-order valence-electron chi connectivity index (χ2n) is 4.44. The number of rotatable bonds is 4. The average Bonchev–Trinajstić information content (AvgIpc) is 2.16. The lowest BCUT2D eigenvalue weighted by molar-refractivity contribution is -0.0148. The molecule has 84 valence electrons. The van der Waals surface area contributed by atoms with E-state index in [2.05, 4.69) is 38.0 Å². The zero-order valence-electron chi connectivity index (χ0n) is 10.0. The second-order valence-corrected chi connectivity index (χ2v) is 4.44. The summed E-state index contributed by atoms with van der Waals surface area (Å²) in [5.74, 6) is 0.921. The summed E-state index contributed by atoms with van der Waals surface area (Å²) >= 11 is 0. The average molecular weight is 208 g/mol. The Bertz CT molecular complexity index is 305. The van der Waals surface area contributed by atoms with Crippen LogP contribution >= 0.6 is 0 Å². The molecule has 0 bridgehead atoms. The van der Waals surface area contributed by atoms with Gasteiger partial charge in [-0.05, 0) is 33.8 Å². The molecule has 0 saturated heterocycles. The largest absolute Gasteiger partial charge is 0.371 e. The van der Waals surface area contributed by atoms with Gasteiger partial charge in [0.25, 0.3) is 0 Å². The minimum Gasteiger partial charge on any atom is -0.371 e. The fraction of sp³-hybridized carbons (Fsp3) is 0.583. The van der Waals surface area contributed by atoms with Crippen LogP contribution in [0.3, 0.4) is 0 Å². The molecule has 3 heteroatoms. The number of aromatic nitrogens is 1. The molecule has 0 atom stereocenters. The second kappa shape index (κ2) is 5.12. The van der Waals surface area contributed by atoms with Crippen molar-refractivity contribution in [3.63, 3.8) is 0 Å². The van der Waals surface area contributed by atoms with Gasteiger partial charge < -0.3 is 10.1 Å². The molecule has 0 amide bonds. The normalized spacial score (nSPS) is 11.5. The van der Waals surface area contributed by atoms with Gasteiger partial charge in [0.15, 0.2) is 0 Å². The van der Waals surface area contributed by atoms with Crippen LogP contribution in [0.5, 0.6) is 0 Å². The topological polar surface area (TPSA) is 34.2 Å². The number of hydrogen-bond donors (Lipinski definition) is 1. The van der Waals surface area contributed by atoms with Crippen LogP contribution in [0.2, 0.25) is 0 Å². The molecule has 3 nitrogen and oxygen atoms in total. The van der Waals surface area contributed by atoms with Crippen LogP contribution in [0.4, 0.5) is 5.82 Å². The van der Waals surface area contributed by atoms with Crippen molar-refractivity contribution in [2.24, 2.45) is 0 Å². The van der Waals surface area contributed by atoms with Crippen molar-refractivity contribution in [2.75, 3.05) is 11.9 Å². The highest BCUT2D eigenvalue weighted by atomic mass is 16.5. The summed E-state index contributed by atoms with van der Waals surface area (Å²) in [6.07, 6.45) is 1.79. The van der Waals surface area contributed by atoms with Gasteiger partial charge in [-0.3, -0.25) is 0 Å². The number of anilines is 1. The highest BCUT2D eigenvalue weighted by Crippen LogP contribution is 2.16. The van der Waals surface area contributed by atoms with Crippen molar-refractivity contribution in [3.05, 3.63) is 23.9 Å². The smallest absolute Gasteiger partial charge is 0.131 e. The summed E-state index contributed by atoms with van der Waals surface area (Å²) < 4.78 is 5.72. The van der Waals surface area contributed by atoms with Gasteiger partial charge in [0, 0.05) is 18.3 Å². The van der Waals surface area contributed by atoms with E-state index in [0.717, 1.165) is 17.9 Å². The van der Waals surface area contributed by atoms with E-state index in [4.69, 9.17) is 4.74 Å². The zero-order valence-corrected chi connectivity index (χ0v) is 10.0. The summed E-state index contributed by atoms with van der Waals surface area (Å²) in [4.78, 5) is 4.28. The molecule has 0 saturated carbocycles. The Balaban J connectivity index is 2.67. The van der Waals surface area contributed by atoms with E-state index in [1.54, 1.807) is 6.20 Å². The van der Waals surface area contributed by atoms with Gasteiger partial charge in [0.1, 0.15) is 5.82 Å². The van der Waals surface area contributed by atoms with Gasteiger partial charge in [-0.15, -0.1) is 0 Å². The summed E-state index contributed by atoms with van der Waals surface area (Å²) in [5, 5.41) is 3.22. The first-order valence-electron chi connectivity index (χ1n) is 5.34. The van der Waals surface area contributed by atoms with Crippen LogP contribution in [0.15, 0.2) is 18.3 Å². The SMILES string of the molecule is CCNc1ncccc1COC(C)(C)C. The maximum absolute atomic E-state index is 5.72. The summed E-state index contributed by atoms with van der Waals surface area (Å²) in [6.45, 7) is 9.69. The number of nitrogens with zero attached hydrogens (tertiary/aromatic N) is 1. The Kier molecular flexibility index (Phi) is 4.09. The molecule has 0 unspecified atom stereocenters. The Labute approximate surface area is 91.9 Å². The van der Waals surface area contributed by atoms with Crippen LogP contribution in [0, 0.1) is 0 Å². The molecule has 0 aliphatic rings. The predicted octanol–water partition coefficient (Wildman–Crippen LogP) is 2.83. The molecule has 0 spiro atoms. The first-order chi connectivity index (χ1) is 7.03. The van der Waals surface area contributed by atoms with Crippen molar-refractivity contribution in [2.45, 2.75) is 39.9 Å². The fourth-order valence-corrected chi connectivity index (χ4v) is 1.18. The lowest BCUT2D eigenvalue weighted by Crippen LogP contribution is -2.19. The first kappa shape index (κ1) is 12.0. The minimum absolute atomic E-state index is 0.112. The predicted molar refractivity (Wildman–Crippen MR) is 62.9 cm³/mol. The van der Waals surface area contributed by atoms with Crippen LogP contribution < -0.4 is 5.32 Å². The quantitative estimate of drug-likeness (QED) is 0.826. The number of nitrogens with one attached hydrogen (secondary N) is 1. The van der Waals surface area contributed by atoms with E-state index in [1.165, 1.54) is 0 Å². The third kappa shape index (κ3) is 4.30. The number of ether oxygens (including phenoxy) is 1. The molecular formula is C12H20N2O. The fourth-order valence-electron chi connectivity index (χ4n) is 1.18. The van der Waals surface area contributed by atoms with Gasteiger partial charge in [-0.1, -0.05) is 6.07 Å². The van der Waals surface area contributed by atoms with E-state index in [0.29, 0.717) is 6.61 Å². The molecule has 1 rings (SSSR count). The zero-order chi connectivity index (χ0) is 11.3. The van der Waals surface area contributed by atoms with Crippen molar-refractivity contribution in [1.82, 2.24) is 4.98 Å². The van der Waals surface area contributed by atoms with Gasteiger partial charge in [-0.2, -0.15) is 0 Å². The Hall–Kier alpha value is -1.09. The molecule has 1 N–H and O–H groups in total. The van der Waals surface area contributed by atoms with Crippen molar-refractivity contribution >= 4 is 5.82 Å². The van der Waals surface area contributed by atoms with E-state index in [-0.39, 0.29) is 5.60 Å². The molecular weight excluding hydrogens is 188 g/mol. The molecule has 0 radical (unpaired) electrons. The van der Waals surface area contributed by atoms with E-state index < -0.39 is 0 Å². The number of pyridine rings is 1. The maximum Gasteiger partial charge on any atom is 0.131 e. The summed E-state index contributed by atoms with van der Waals surface area (Å²) in [5.41, 5.74) is 0.994. The summed E-state index contributed by atoms with van der Waals surface area (Å²) in [7, 11) is 0. The molecule has 0 aliphatic heterocycles. The van der Waals surface area contributed by atoms with E-state index >= 15 is 0 Å². The molecule has 1 aromatic heterocycles. The van der Waals surface area contributed by atoms with Crippen molar-refractivity contribution < 1.29 is 4.74 Å². The van der Waals surface area contributed by atoms with Gasteiger partial charge in [0.2, 0.25) is 0 Å². The van der Waals surface area contributed by atoms with Crippen molar-refractivity contribution in [1.29, 1.82) is 0 Å². The van der Waals surface area contributed by atoms with Crippen molar-refractivity contribution in [3.8, 4) is 0 Å². The molecule has 1 aromatic rings. The van der Waals surface area contributed by atoms with E-state index in [1.807, 2.05) is 12.1 Å². The summed E-state index contributed by atoms with van der Waals surface area (Å²) in [6, 6.07) is 3.97. The standard InChI is InChI=1S/C12H20N2O/c1-5-13-11-10(7-6-8-14-11)9-15-12(2,3)4/h6-8H,5,9H2,1-4H3,(H,13,14). The first-order valence-corrected chi connectivity index (χ1v) is 5.34. The minimum atomic E-state index is -0.112. The molecule has 1 heterocycles. The molecule has 0 aromatic carbocycles. The van der Waals surface area contributed by atoms with Crippen LogP contribution in [-0.4, -0.2) is 17.1 Å². The molecule has 0 aliphatic carbocycles. The van der Waals surface area contributed by atoms with Crippen LogP contribution in [0.1, 0.15) is 33.3 Å². The van der Waals surface area contributed by atoms with Crippen LogP contribution in [-0.2, 0) is 11.3 Å². The van der Waals surface area contributed by atoms with E-state index in [9.17, 15) is 0 Å². The third-order valence-corrected chi connectivity index (χ3v) is 1.90. The monoisotopic (exact) mass is 208 g/mol.